The minimum Gasteiger partial charge on any atom is -0.463 e. The fraction of sp³-hybridized carbons (Fsp3) is 0.125. The lowest BCUT2D eigenvalue weighted by molar-refractivity contribution is 0.580. The molecule has 3 nitrogen and oxygen atoms in total. The van der Waals surface area contributed by atoms with Crippen molar-refractivity contribution in [3.05, 3.63) is 30.4 Å². The molecule has 0 bridgehead atoms. The molecule has 0 unspecified atom stereocenters. The number of imidazole rings is 1. The average Bonchev–Trinajstić information content (AvgIpc) is 2.55. The Hall–Kier alpha value is -1.51. The number of nitrogens with one attached hydrogen (secondary N) is 1. The lowest BCUT2D eigenvalue weighted by Crippen LogP contribution is -1.76. The Morgan fingerprint density at radius 2 is 2.45 bits per heavy atom. The van der Waals surface area contributed by atoms with E-state index < -0.39 is 0 Å². The molecule has 0 fully saturated rings. The third-order valence-corrected chi connectivity index (χ3v) is 1.58. The van der Waals surface area contributed by atoms with Gasteiger partial charge in [0.25, 0.3) is 0 Å². The Kier molecular flexibility index (Phi) is 1.28. The highest BCUT2D eigenvalue weighted by Gasteiger charge is 2.05. The van der Waals surface area contributed by atoms with Gasteiger partial charge in [-0.05, 0) is 19.1 Å². The van der Waals surface area contributed by atoms with Crippen molar-refractivity contribution in [3.8, 4) is 11.5 Å². The summed E-state index contributed by atoms with van der Waals surface area (Å²) in [7, 11) is 0. The van der Waals surface area contributed by atoms with Gasteiger partial charge in [0.2, 0.25) is 0 Å². The third-order valence-electron chi connectivity index (χ3n) is 1.58. The molecule has 0 radical (unpaired) electrons. The van der Waals surface area contributed by atoms with Crippen LogP contribution in [0.4, 0.5) is 0 Å². The van der Waals surface area contributed by atoms with Crippen molar-refractivity contribution in [2.75, 3.05) is 0 Å². The fourth-order valence-corrected chi connectivity index (χ4v) is 1.02. The molecule has 2 rings (SSSR count). The molecule has 0 aliphatic rings. The standard InChI is InChI=1S/C8H8N2O/c1-6-8(10-5-9-6)7-3-2-4-11-7/h2-5H,1H3,(H,9,10). The Morgan fingerprint density at radius 1 is 1.55 bits per heavy atom. The van der Waals surface area contributed by atoms with E-state index in [2.05, 4.69) is 9.97 Å². The topological polar surface area (TPSA) is 41.8 Å². The zero-order valence-corrected chi connectivity index (χ0v) is 6.16. The van der Waals surface area contributed by atoms with Crippen LogP contribution in [0.2, 0.25) is 0 Å². The summed E-state index contributed by atoms with van der Waals surface area (Å²) in [4.78, 5) is 7.09. The molecule has 0 atom stereocenters. The van der Waals surface area contributed by atoms with Crippen LogP contribution in [0.25, 0.3) is 11.5 Å². The SMILES string of the molecule is Cc1[nH]cnc1-c1ccco1. The van der Waals surface area contributed by atoms with Gasteiger partial charge in [-0.25, -0.2) is 4.98 Å². The monoisotopic (exact) mass is 148 g/mol. The predicted molar refractivity (Wildman–Crippen MR) is 41.0 cm³/mol. The number of aromatic nitrogens is 2. The number of rotatable bonds is 1. The van der Waals surface area contributed by atoms with E-state index in [4.69, 9.17) is 4.42 Å². The molecule has 3 heteroatoms. The van der Waals surface area contributed by atoms with Gasteiger partial charge < -0.3 is 9.40 Å². The maximum atomic E-state index is 5.18. The van der Waals surface area contributed by atoms with Gasteiger partial charge in [-0.1, -0.05) is 0 Å². The van der Waals surface area contributed by atoms with Gasteiger partial charge in [-0.3, -0.25) is 0 Å². The molecule has 0 aromatic carbocycles. The van der Waals surface area contributed by atoms with Crippen LogP contribution < -0.4 is 0 Å². The van der Waals surface area contributed by atoms with Gasteiger partial charge >= 0.3 is 0 Å². The fourth-order valence-electron chi connectivity index (χ4n) is 1.02. The Bertz CT molecular complexity index is 335. The first-order valence-electron chi connectivity index (χ1n) is 3.42. The van der Waals surface area contributed by atoms with E-state index in [0.717, 1.165) is 17.1 Å². The third kappa shape index (κ3) is 0.941. The zero-order chi connectivity index (χ0) is 7.68. The van der Waals surface area contributed by atoms with Crippen LogP contribution in [0, 0.1) is 6.92 Å². The van der Waals surface area contributed by atoms with Gasteiger partial charge in [-0.2, -0.15) is 0 Å². The maximum Gasteiger partial charge on any atom is 0.154 e. The number of hydrogen-bond acceptors (Lipinski definition) is 2. The normalized spacial score (nSPS) is 10.3. The van der Waals surface area contributed by atoms with E-state index in [-0.39, 0.29) is 0 Å². The lowest BCUT2D eigenvalue weighted by atomic mass is 10.3. The van der Waals surface area contributed by atoms with Gasteiger partial charge in [0.1, 0.15) is 5.69 Å². The van der Waals surface area contributed by atoms with Crippen molar-refractivity contribution in [3.63, 3.8) is 0 Å². The Labute approximate surface area is 64.1 Å². The summed E-state index contributed by atoms with van der Waals surface area (Å²) in [6, 6.07) is 3.74. The number of nitrogens with zero attached hydrogens (tertiary/aromatic N) is 1. The van der Waals surface area contributed by atoms with E-state index in [1.807, 2.05) is 19.1 Å². The minimum absolute atomic E-state index is 0.809. The van der Waals surface area contributed by atoms with Crippen molar-refractivity contribution in [1.29, 1.82) is 0 Å². The van der Waals surface area contributed by atoms with Crippen molar-refractivity contribution in [1.82, 2.24) is 9.97 Å². The quantitative estimate of drug-likeness (QED) is 0.671. The molecule has 0 saturated heterocycles. The molecule has 2 heterocycles. The first-order chi connectivity index (χ1) is 5.38. The molecule has 0 amide bonds. The largest absolute Gasteiger partial charge is 0.463 e. The molecule has 0 saturated carbocycles. The summed E-state index contributed by atoms with van der Waals surface area (Å²) in [6.45, 7) is 1.96. The van der Waals surface area contributed by atoms with E-state index in [1.165, 1.54) is 0 Å². The van der Waals surface area contributed by atoms with Gasteiger partial charge in [0, 0.05) is 5.69 Å². The summed E-state index contributed by atoms with van der Waals surface area (Å²) in [6.07, 6.45) is 3.30. The first kappa shape index (κ1) is 6.22. The average molecular weight is 148 g/mol. The molecular weight excluding hydrogens is 140 g/mol. The highest BCUT2D eigenvalue weighted by Crippen LogP contribution is 2.19. The number of furan rings is 1. The van der Waals surface area contributed by atoms with Crippen LogP contribution in [0.1, 0.15) is 5.69 Å². The highest BCUT2D eigenvalue weighted by molar-refractivity contribution is 5.54. The number of aryl methyl sites for hydroxylation is 1. The van der Waals surface area contributed by atoms with Crippen LogP contribution >= 0.6 is 0 Å². The summed E-state index contributed by atoms with van der Waals surface area (Å²) in [5.41, 5.74) is 1.91. The lowest BCUT2D eigenvalue weighted by Gasteiger charge is -1.89. The molecule has 0 spiro atoms. The zero-order valence-electron chi connectivity index (χ0n) is 6.16. The second-order valence-electron chi connectivity index (χ2n) is 2.35. The van der Waals surface area contributed by atoms with E-state index in [9.17, 15) is 0 Å². The van der Waals surface area contributed by atoms with Crippen LogP contribution in [-0.2, 0) is 0 Å². The van der Waals surface area contributed by atoms with Crippen LogP contribution in [0.15, 0.2) is 29.1 Å². The maximum absolute atomic E-state index is 5.18. The van der Waals surface area contributed by atoms with Crippen molar-refractivity contribution >= 4 is 0 Å². The van der Waals surface area contributed by atoms with Gasteiger partial charge in [0.15, 0.2) is 5.76 Å². The Morgan fingerprint density at radius 3 is 3.00 bits per heavy atom. The van der Waals surface area contributed by atoms with Crippen molar-refractivity contribution < 1.29 is 4.42 Å². The molecule has 2 aromatic heterocycles. The highest BCUT2D eigenvalue weighted by atomic mass is 16.3. The van der Waals surface area contributed by atoms with Crippen molar-refractivity contribution in [2.24, 2.45) is 0 Å². The molecule has 2 aromatic rings. The van der Waals surface area contributed by atoms with Gasteiger partial charge in [-0.15, -0.1) is 0 Å². The summed E-state index contributed by atoms with van der Waals surface area (Å²) in [5.74, 6) is 0.809. The number of aromatic amines is 1. The number of hydrogen-bond donors (Lipinski definition) is 1. The summed E-state index contributed by atoms with van der Waals surface area (Å²) < 4.78 is 5.18. The van der Waals surface area contributed by atoms with Crippen molar-refractivity contribution in [2.45, 2.75) is 6.92 Å². The molecule has 0 aliphatic heterocycles. The number of H-pyrrole nitrogens is 1. The second kappa shape index (κ2) is 2.27. The van der Waals surface area contributed by atoms with Crippen LogP contribution in [0.3, 0.4) is 0 Å². The van der Waals surface area contributed by atoms with E-state index in [1.54, 1.807) is 12.6 Å². The Balaban J connectivity index is 2.53. The molecule has 0 aliphatic carbocycles. The smallest absolute Gasteiger partial charge is 0.154 e. The molecule has 11 heavy (non-hydrogen) atoms. The van der Waals surface area contributed by atoms with E-state index >= 15 is 0 Å². The predicted octanol–water partition coefficient (Wildman–Crippen LogP) is 1.98. The molecule has 56 valence electrons. The minimum atomic E-state index is 0.809. The summed E-state index contributed by atoms with van der Waals surface area (Å²) in [5, 5.41) is 0. The van der Waals surface area contributed by atoms with E-state index in [0.29, 0.717) is 0 Å². The van der Waals surface area contributed by atoms with Gasteiger partial charge in [0.05, 0.1) is 12.6 Å². The molecular formula is C8H8N2O. The first-order valence-corrected chi connectivity index (χ1v) is 3.42. The second-order valence-corrected chi connectivity index (χ2v) is 2.35. The summed E-state index contributed by atoms with van der Waals surface area (Å²) >= 11 is 0. The van der Waals surface area contributed by atoms with Crippen LogP contribution in [0.5, 0.6) is 0 Å². The molecule has 1 N–H and O–H groups in total. The van der Waals surface area contributed by atoms with Crippen LogP contribution in [-0.4, -0.2) is 9.97 Å².